The third-order valence-corrected chi connectivity index (χ3v) is 5.18. The van der Waals surface area contributed by atoms with Crippen molar-refractivity contribution >= 4 is 21.9 Å². The largest absolute Gasteiger partial charge is 0.494 e. The van der Waals surface area contributed by atoms with Gasteiger partial charge in [0.25, 0.3) is 0 Å². The van der Waals surface area contributed by atoms with Crippen molar-refractivity contribution in [1.29, 1.82) is 0 Å². The van der Waals surface area contributed by atoms with E-state index < -0.39 is 0 Å². The third kappa shape index (κ3) is 2.62. The van der Waals surface area contributed by atoms with Crippen molar-refractivity contribution in [3.05, 3.63) is 73.1 Å². The van der Waals surface area contributed by atoms with E-state index in [-0.39, 0.29) is 5.88 Å². The molecular formula is C22H19N5O. The van der Waals surface area contributed by atoms with Gasteiger partial charge in [-0.3, -0.25) is 9.97 Å². The van der Waals surface area contributed by atoms with E-state index in [0.717, 1.165) is 38.9 Å². The van der Waals surface area contributed by atoms with Crippen LogP contribution in [-0.2, 0) is 20.0 Å². The van der Waals surface area contributed by atoms with Gasteiger partial charge in [0.05, 0.1) is 21.9 Å². The van der Waals surface area contributed by atoms with Crippen LogP contribution >= 0.6 is 0 Å². The minimum Gasteiger partial charge on any atom is -0.494 e. The summed E-state index contributed by atoms with van der Waals surface area (Å²) in [4.78, 5) is 13.3. The lowest BCUT2D eigenvalue weighted by Crippen LogP contribution is -2.04. The number of aryl methyl sites for hydroxylation is 3. The van der Waals surface area contributed by atoms with Crippen LogP contribution in [0, 0.1) is 0 Å². The zero-order chi connectivity index (χ0) is 19.1. The van der Waals surface area contributed by atoms with Crippen molar-refractivity contribution in [2.45, 2.75) is 13.0 Å². The van der Waals surface area contributed by atoms with E-state index in [4.69, 9.17) is 4.98 Å². The summed E-state index contributed by atoms with van der Waals surface area (Å²) < 4.78 is 3.95. The summed E-state index contributed by atoms with van der Waals surface area (Å²) in [5.74, 6) is 1.21. The maximum atomic E-state index is 10.9. The molecule has 138 valence electrons. The fourth-order valence-electron chi connectivity index (χ4n) is 3.74. The van der Waals surface area contributed by atoms with Crippen LogP contribution in [-0.4, -0.2) is 29.2 Å². The Hall–Kier alpha value is -3.67. The molecule has 0 fully saturated rings. The summed E-state index contributed by atoms with van der Waals surface area (Å²) in [5, 5.41) is 11.6. The summed E-state index contributed by atoms with van der Waals surface area (Å²) >= 11 is 0. The monoisotopic (exact) mass is 369 g/mol. The van der Waals surface area contributed by atoms with Gasteiger partial charge >= 0.3 is 0 Å². The van der Waals surface area contributed by atoms with Gasteiger partial charge in [-0.1, -0.05) is 18.2 Å². The molecule has 5 aromatic rings. The second-order valence-corrected chi connectivity index (χ2v) is 6.83. The Morgan fingerprint density at radius 3 is 2.71 bits per heavy atom. The summed E-state index contributed by atoms with van der Waals surface area (Å²) in [6, 6.07) is 13.9. The van der Waals surface area contributed by atoms with E-state index in [9.17, 15) is 5.11 Å². The van der Waals surface area contributed by atoms with E-state index in [1.807, 2.05) is 54.2 Å². The Kier molecular flexibility index (Phi) is 3.83. The summed E-state index contributed by atoms with van der Waals surface area (Å²) in [5.41, 5.74) is 4.75. The summed E-state index contributed by atoms with van der Waals surface area (Å²) in [6.45, 7) is 0.617. The van der Waals surface area contributed by atoms with Crippen molar-refractivity contribution in [1.82, 2.24) is 24.1 Å². The number of fused-ring (bicyclic) bond motifs is 2. The fraction of sp³-hybridized carbons (Fsp3) is 0.136. The Labute approximate surface area is 161 Å². The maximum Gasteiger partial charge on any atom is 0.201 e. The van der Waals surface area contributed by atoms with Gasteiger partial charge in [-0.2, -0.15) is 0 Å². The molecule has 0 bridgehead atoms. The molecule has 0 saturated carbocycles. The first-order chi connectivity index (χ1) is 13.7. The van der Waals surface area contributed by atoms with Crippen LogP contribution in [0.4, 0.5) is 0 Å². The molecule has 1 aromatic carbocycles. The molecule has 0 aliphatic rings. The van der Waals surface area contributed by atoms with E-state index in [0.29, 0.717) is 13.0 Å². The minimum atomic E-state index is 0.223. The molecule has 4 aromatic heterocycles. The first-order valence-electron chi connectivity index (χ1n) is 9.20. The van der Waals surface area contributed by atoms with Crippen molar-refractivity contribution in [3.63, 3.8) is 0 Å². The summed E-state index contributed by atoms with van der Waals surface area (Å²) in [6.07, 6.45) is 7.91. The summed E-state index contributed by atoms with van der Waals surface area (Å²) in [7, 11) is 2.03. The standard InChI is InChI=1S/C22H19N5O/c1-26-19-7-3-2-6-17(19)25-20(26)9-12-27-14-18-21(22(27)28)16(8-11-24-18)15-5-4-10-23-13-15/h2-8,10-11,13-14,28H,9,12H2,1H3. The Morgan fingerprint density at radius 2 is 1.89 bits per heavy atom. The molecule has 4 heterocycles. The number of para-hydroxylation sites is 2. The molecule has 0 aliphatic carbocycles. The number of rotatable bonds is 4. The number of pyridine rings is 2. The molecule has 28 heavy (non-hydrogen) atoms. The van der Waals surface area contributed by atoms with E-state index in [1.54, 1.807) is 18.6 Å². The molecule has 0 aliphatic heterocycles. The number of benzene rings is 1. The molecule has 0 atom stereocenters. The lowest BCUT2D eigenvalue weighted by Gasteiger charge is -2.06. The van der Waals surface area contributed by atoms with Crippen molar-refractivity contribution in [2.24, 2.45) is 7.05 Å². The quantitative estimate of drug-likeness (QED) is 0.521. The first-order valence-corrected chi connectivity index (χ1v) is 9.20. The van der Waals surface area contributed by atoms with Crippen LogP contribution in [0.2, 0.25) is 0 Å². The first kappa shape index (κ1) is 16.5. The lowest BCUT2D eigenvalue weighted by molar-refractivity contribution is 0.421. The molecule has 6 nitrogen and oxygen atoms in total. The van der Waals surface area contributed by atoms with Crippen molar-refractivity contribution in [2.75, 3.05) is 0 Å². The molecule has 1 N–H and O–H groups in total. The van der Waals surface area contributed by atoms with Gasteiger partial charge in [0.1, 0.15) is 5.82 Å². The van der Waals surface area contributed by atoms with Crippen LogP contribution in [0.25, 0.3) is 33.1 Å². The maximum absolute atomic E-state index is 10.9. The van der Waals surface area contributed by atoms with Gasteiger partial charge in [-0.15, -0.1) is 0 Å². The zero-order valence-electron chi connectivity index (χ0n) is 15.4. The molecule has 0 amide bonds. The highest BCUT2D eigenvalue weighted by atomic mass is 16.3. The van der Waals surface area contributed by atoms with E-state index in [1.165, 1.54) is 0 Å². The molecular weight excluding hydrogens is 350 g/mol. The molecule has 0 saturated heterocycles. The Balaban J connectivity index is 1.51. The van der Waals surface area contributed by atoms with E-state index in [2.05, 4.69) is 20.6 Å². The van der Waals surface area contributed by atoms with Crippen LogP contribution in [0.1, 0.15) is 5.82 Å². The Morgan fingerprint density at radius 1 is 1.00 bits per heavy atom. The van der Waals surface area contributed by atoms with Gasteiger partial charge in [-0.25, -0.2) is 4.98 Å². The second kappa shape index (κ2) is 6.49. The number of hydrogen-bond acceptors (Lipinski definition) is 4. The minimum absolute atomic E-state index is 0.223. The van der Waals surface area contributed by atoms with Gasteiger partial charge in [0.2, 0.25) is 5.88 Å². The lowest BCUT2D eigenvalue weighted by atomic mass is 10.1. The number of aromatic nitrogens is 5. The predicted octanol–water partition coefficient (Wildman–Crippen LogP) is 3.93. The highest BCUT2D eigenvalue weighted by molar-refractivity contribution is 5.98. The van der Waals surface area contributed by atoms with Crippen LogP contribution in [0.3, 0.4) is 0 Å². The highest BCUT2D eigenvalue weighted by Crippen LogP contribution is 2.35. The molecule has 0 unspecified atom stereocenters. The number of nitrogens with zero attached hydrogens (tertiary/aromatic N) is 5. The van der Waals surface area contributed by atoms with Gasteiger partial charge in [-0.05, 0) is 29.8 Å². The fourth-order valence-corrected chi connectivity index (χ4v) is 3.74. The topological polar surface area (TPSA) is 68.8 Å². The second-order valence-electron chi connectivity index (χ2n) is 6.83. The number of imidazole rings is 1. The molecule has 5 rings (SSSR count). The van der Waals surface area contributed by atoms with Crippen LogP contribution < -0.4 is 0 Å². The van der Waals surface area contributed by atoms with Crippen molar-refractivity contribution in [3.8, 4) is 17.0 Å². The molecule has 6 heteroatoms. The van der Waals surface area contributed by atoms with Crippen LogP contribution in [0.5, 0.6) is 5.88 Å². The molecule has 0 radical (unpaired) electrons. The predicted molar refractivity (Wildman–Crippen MR) is 109 cm³/mol. The number of aromatic hydroxyl groups is 1. The average Bonchev–Trinajstić information content (AvgIpc) is 3.24. The van der Waals surface area contributed by atoms with Crippen molar-refractivity contribution < 1.29 is 5.11 Å². The normalized spacial score (nSPS) is 11.5. The van der Waals surface area contributed by atoms with Gasteiger partial charge < -0.3 is 14.2 Å². The SMILES string of the molecule is Cn1c(CCn2cc3nccc(-c4cccnc4)c3c2O)nc2ccccc21. The highest BCUT2D eigenvalue weighted by Gasteiger charge is 2.15. The zero-order valence-corrected chi connectivity index (χ0v) is 15.4. The Bertz CT molecular complexity index is 1290. The smallest absolute Gasteiger partial charge is 0.201 e. The van der Waals surface area contributed by atoms with Crippen LogP contribution in [0.15, 0.2) is 67.3 Å². The van der Waals surface area contributed by atoms with Gasteiger partial charge in [0, 0.05) is 50.4 Å². The third-order valence-electron chi connectivity index (χ3n) is 5.18. The van der Waals surface area contributed by atoms with E-state index >= 15 is 0 Å². The average molecular weight is 369 g/mol. The van der Waals surface area contributed by atoms with Gasteiger partial charge in [0.15, 0.2) is 0 Å². The molecule has 0 spiro atoms. The number of hydrogen-bond donors (Lipinski definition) is 1.